The molecule has 0 rings (SSSR count). The van der Waals surface area contributed by atoms with Crippen molar-refractivity contribution in [3.8, 4) is 0 Å². The van der Waals surface area contributed by atoms with Gasteiger partial charge in [-0.25, -0.2) is 0 Å². The lowest BCUT2D eigenvalue weighted by Crippen LogP contribution is -2.23. The molecule has 0 aliphatic heterocycles. The minimum atomic E-state index is 0.260. The van der Waals surface area contributed by atoms with Gasteiger partial charge in [-0.3, -0.25) is 0 Å². The maximum absolute atomic E-state index is 9.36. The van der Waals surface area contributed by atoms with Gasteiger partial charge in [-0.15, -0.1) is 0 Å². The predicted molar refractivity (Wildman–Crippen MR) is 77.3 cm³/mol. The number of hydrogen-bond donors (Lipinski definition) is 1. The van der Waals surface area contributed by atoms with E-state index in [1.54, 1.807) is 0 Å². The van der Waals surface area contributed by atoms with Gasteiger partial charge in [0.1, 0.15) is 0 Å². The molecule has 0 bridgehead atoms. The Bertz CT molecular complexity index is 157. The van der Waals surface area contributed by atoms with Crippen molar-refractivity contribution in [3.05, 3.63) is 0 Å². The Morgan fingerprint density at radius 3 is 1.71 bits per heavy atom. The highest BCUT2D eigenvalue weighted by atomic mass is 16.3. The molecule has 1 atom stereocenters. The summed E-state index contributed by atoms with van der Waals surface area (Å²) in [6.45, 7) is 9.32. The third kappa shape index (κ3) is 9.64. The largest absolute Gasteiger partial charge is 0.396 e. The number of rotatable bonds is 10. The Labute approximate surface area is 109 Å². The molecule has 104 valence electrons. The van der Waals surface area contributed by atoms with Crippen LogP contribution in [0.2, 0.25) is 0 Å². The number of hydrogen-bond acceptors (Lipinski definition) is 1. The van der Waals surface area contributed by atoms with Crippen LogP contribution in [0.3, 0.4) is 0 Å². The molecule has 0 heterocycles. The van der Waals surface area contributed by atoms with Crippen molar-refractivity contribution >= 4 is 0 Å². The second kappa shape index (κ2) is 9.94. The molecule has 1 nitrogen and oxygen atoms in total. The van der Waals surface area contributed by atoms with Gasteiger partial charge in [-0.05, 0) is 17.8 Å². The Kier molecular flexibility index (Phi) is 9.91. The maximum Gasteiger partial charge on any atom is 0.0464 e. The monoisotopic (exact) mass is 242 g/mol. The molecule has 1 heteroatoms. The van der Waals surface area contributed by atoms with Crippen LogP contribution in [0.5, 0.6) is 0 Å². The molecule has 0 aromatic heterocycles. The predicted octanol–water partition coefficient (Wildman–Crippen LogP) is 5.17. The Morgan fingerprint density at radius 1 is 0.824 bits per heavy atom. The van der Waals surface area contributed by atoms with Crippen LogP contribution < -0.4 is 0 Å². The first kappa shape index (κ1) is 17.0. The summed E-state index contributed by atoms with van der Waals surface area (Å²) in [4.78, 5) is 0. The zero-order chi connectivity index (χ0) is 13.1. The first-order valence-electron chi connectivity index (χ1n) is 7.63. The summed E-state index contributed by atoms with van der Waals surface area (Å²) in [5, 5.41) is 9.36. The van der Waals surface area contributed by atoms with Gasteiger partial charge in [0.05, 0.1) is 0 Å². The van der Waals surface area contributed by atoms with Crippen LogP contribution in [0, 0.1) is 11.3 Å². The van der Waals surface area contributed by atoms with Gasteiger partial charge in [-0.1, -0.05) is 79.1 Å². The lowest BCUT2D eigenvalue weighted by molar-refractivity contribution is 0.120. The smallest absolute Gasteiger partial charge is 0.0464 e. The van der Waals surface area contributed by atoms with Crippen LogP contribution >= 0.6 is 0 Å². The SMILES string of the molecule is CCCCCCCCCCC(CO)C(C)(C)C. The molecule has 0 aromatic carbocycles. The highest BCUT2D eigenvalue weighted by Gasteiger charge is 2.22. The van der Waals surface area contributed by atoms with Crippen molar-refractivity contribution in [3.63, 3.8) is 0 Å². The van der Waals surface area contributed by atoms with Crippen LogP contribution in [-0.4, -0.2) is 11.7 Å². The van der Waals surface area contributed by atoms with Crippen molar-refractivity contribution < 1.29 is 5.11 Å². The molecule has 0 saturated carbocycles. The third-order valence-electron chi connectivity index (χ3n) is 3.85. The molecule has 17 heavy (non-hydrogen) atoms. The average Bonchev–Trinajstić information content (AvgIpc) is 2.25. The Hall–Kier alpha value is -0.0400. The minimum absolute atomic E-state index is 0.260. The van der Waals surface area contributed by atoms with E-state index in [-0.39, 0.29) is 5.41 Å². The van der Waals surface area contributed by atoms with Gasteiger partial charge in [0, 0.05) is 6.61 Å². The summed E-state index contributed by atoms with van der Waals surface area (Å²) in [5.74, 6) is 0.475. The molecule has 0 spiro atoms. The molecule has 1 N–H and O–H groups in total. The molecule has 0 fully saturated rings. The molecular weight excluding hydrogens is 208 g/mol. The molecule has 0 amide bonds. The summed E-state index contributed by atoms with van der Waals surface area (Å²) >= 11 is 0. The second-order valence-electron chi connectivity index (χ2n) is 6.51. The molecule has 0 aromatic rings. The minimum Gasteiger partial charge on any atom is -0.396 e. The van der Waals surface area contributed by atoms with Gasteiger partial charge < -0.3 is 5.11 Å². The fourth-order valence-corrected chi connectivity index (χ4v) is 2.32. The highest BCUT2D eigenvalue weighted by molar-refractivity contribution is 4.73. The van der Waals surface area contributed by atoms with E-state index >= 15 is 0 Å². The van der Waals surface area contributed by atoms with Crippen molar-refractivity contribution in [2.24, 2.45) is 11.3 Å². The van der Waals surface area contributed by atoms with Crippen molar-refractivity contribution in [1.29, 1.82) is 0 Å². The molecule has 0 radical (unpaired) electrons. The van der Waals surface area contributed by atoms with E-state index < -0.39 is 0 Å². The Morgan fingerprint density at radius 2 is 1.29 bits per heavy atom. The molecule has 0 aliphatic rings. The summed E-state index contributed by atoms with van der Waals surface area (Å²) in [5.41, 5.74) is 0.260. The van der Waals surface area contributed by atoms with Gasteiger partial charge in [0.15, 0.2) is 0 Å². The standard InChI is InChI=1S/C16H34O/c1-5-6-7-8-9-10-11-12-13-15(14-17)16(2,3)4/h15,17H,5-14H2,1-4H3. The van der Waals surface area contributed by atoms with E-state index in [9.17, 15) is 5.11 Å². The quantitative estimate of drug-likeness (QED) is 0.524. The molecule has 1 unspecified atom stereocenters. The first-order chi connectivity index (χ1) is 8.02. The summed E-state index contributed by atoms with van der Waals surface area (Å²) in [6, 6.07) is 0. The van der Waals surface area contributed by atoms with E-state index in [2.05, 4.69) is 27.7 Å². The van der Waals surface area contributed by atoms with Crippen molar-refractivity contribution in [1.82, 2.24) is 0 Å². The van der Waals surface area contributed by atoms with Crippen molar-refractivity contribution in [2.45, 2.75) is 85.5 Å². The summed E-state index contributed by atoms with van der Waals surface area (Å²) < 4.78 is 0. The third-order valence-corrected chi connectivity index (χ3v) is 3.85. The van der Waals surface area contributed by atoms with Crippen LogP contribution in [-0.2, 0) is 0 Å². The Balaban J connectivity index is 3.38. The first-order valence-corrected chi connectivity index (χ1v) is 7.63. The average molecular weight is 242 g/mol. The maximum atomic E-state index is 9.36. The summed E-state index contributed by atoms with van der Waals surface area (Å²) in [6.07, 6.45) is 12.2. The zero-order valence-electron chi connectivity index (χ0n) is 12.6. The van der Waals surface area contributed by atoms with Gasteiger partial charge in [-0.2, -0.15) is 0 Å². The van der Waals surface area contributed by atoms with Gasteiger partial charge in [0.2, 0.25) is 0 Å². The van der Waals surface area contributed by atoms with Crippen LogP contribution in [0.15, 0.2) is 0 Å². The van der Waals surface area contributed by atoms with E-state index in [1.807, 2.05) is 0 Å². The molecular formula is C16H34O. The lowest BCUT2D eigenvalue weighted by atomic mass is 9.78. The van der Waals surface area contributed by atoms with Crippen LogP contribution in [0.4, 0.5) is 0 Å². The van der Waals surface area contributed by atoms with E-state index in [1.165, 1.54) is 57.8 Å². The molecule has 0 saturated heterocycles. The fourth-order valence-electron chi connectivity index (χ4n) is 2.32. The van der Waals surface area contributed by atoms with Gasteiger partial charge >= 0.3 is 0 Å². The van der Waals surface area contributed by atoms with Crippen LogP contribution in [0.25, 0.3) is 0 Å². The van der Waals surface area contributed by atoms with Gasteiger partial charge in [0.25, 0.3) is 0 Å². The van der Waals surface area contributed by atoms with Crippen molar-refractivity contribution in [2.75, 3.05) is 6.61 Å². The van der Waals surface area contributed by atoms with E-state index in [4.69, 9.17) is 0 Å². The number of aliphatic hydroxyl groups excluding tert-OH is 1. The zero-order valence-corrected chi connectivity index (χ0v) is 12.6. The number of aliphatic hydroxyl groups is 1. The highest BCUT2D eigenvalue weighted by Crippen LogP contribution is 2.29. The van der Waals surface area contributed by atoms with E-state index in [0.29, 0.717) is 12.5 Å². The summed E-state index contributed by atoms with van der Waals surface area (Å²) in [7, 11) is 0. The normalized spacial score (nSPS) is 13.9. The number of unbranched alkanes of at least 4 members (excludes halogenated alkanes) is 7. The lowest BCUT2D eigenvalue weighted by Gasteiger charge is -2.29. The fraction of sp³-hybridized carbons (Fsp3) is 1.00. The second-order valence-corrected chi connectivity index (χ2v) is 6.51. The topological polar surface area (TPSA) is 20.2 Å². The molecule has 0 aliphatic carbocycles. The van der Waals surface area contributed by atoms with Crippen LogP contribution in [0.1, 0.15) is 85.5 Å². The van der Waals surface area contributed by atoms with E-state index in [0.717, 1.165) is 0 Å².